The summed E-state index contributed by atoms with van der Waals surface area (Å²) in [5.41, 5.74) is 2.55. The molecule has 5 rings (SSSR count). The van der Waals surface area contributed by atoms with E-state index in [1.807, 2.05) is 0 Å². The van der Waals surface area contributed by atoms with Gasteiger partial charge in [0.1, 0.15) is 23.3 Å². The van der Waals surface area contributed by atoms with Gasteiger partial charge in [-0.1, -0.05) is 0 Å². The number of rotatable bonds is 3. The fourth-order valence-corrected chi connectivity index (χ4v) is 3.90. The van der Waals surface area contributed by atoms with Gasteiger partial charge in [0.2, 0.25) is 5.91 Å². The Hall–Kier alpha value is -4.08. The van der Waals surface area contributed by atoms with Gasteiger partial charge in [-0.15, -0.1) is 5.10 Å². The maximum absolute atomic E-state index is 13.8. The van der Waals surface area contributed by atoms with Gasteiger partial charge in [-0.05, 0) is 48.9 Å². The first kappa shape index (κ1) is 19.9. The van der Waals surface area contributed by atoms with Crippen molar-refractivity contribution < 1.29 is 18.0 Å². The number of hydrogen-bond donors (Lipinski definition) is 1. The van der Waals surface area contributed by atoms with Crippen LogP contribution in [0.1, 0.15) is 29.2 Å². The number of amides is 1. The highest BCUT2D eigenvalue weighted by Crippen LogP contribution is 2.40. The molecule has 0 fully saturated rings. The van der Waals surface area contributed by atoms with Crippen LogP contribution >= 0.6 is 0 Å². The van der Waals surface area contributed by atoms with Gasteiger partial charge in [0.15, 0.2) is 0 Å². The number of hydrogen-bond acceptors (Lipinski definition) is 5. The normalized spacial score (nSPS) is 15.4. The summed E-state index contributed by atoms with van der Waals surface area (Å²) in [5, 5.41) is 15.2. The average Bonchev–Trinajstić information content (AvgIpc) is 3.09. The number of anilines is 1. The maximum atomic E-state index is 13.8. The molecule has 4 aromatic rings. The van der Waals surface area contributed by atoms with Crippen molar-refractivity contribution in [3.05, 3.63) is 82.9 Å². The van der Waals surface area contributed by atoms with Crippen molar-refractivity contribution in [2.24, 2.45) is 0 Å². The van der Waals surface area contributed by atoms with Crippen molar-refractivity contribution in [1.82, 2.24) is 25.0 Å². The molecule has 0 unspecified atom stereocenters. The van der Waals surface area contributed by atoms with E-state index in [0.717, 1.165) is 6.07 Å². The van der Waals surface area contributed by atoms with Gasteiger partial charge in [-0.25, -0.2) is 18.2 Å². The smallest absolute Gasteiger partial charge is 0.272 e. The number of aromatic nitrogens is 5. The lowest BCUT2D eigenvalue weighted by Crippen LogP contribution is -2.25. The predicted molar refractivity (Wildman–Crippen MR) is 109 cm³/mol. The van der Waals surface area contributed by atoms with Crippen molar-refractivity contribution in [2.75, 3.05) is 5.32 Å². The molecule has 1 aliphatic heterocycles. The number of halogens is 3. The first-order chi connectivity index (χ1) is 15.4. The number of carbonyl (C=O) groups excluding carboxylic acids is 1. The first-order valence-corrected chi connectivity index (χ1v) is 9.70. The molecule has 32 heavy (non-hydrogen) atoms. The number of carbonyl (C=O) groups is 1. The third-order valence-corrected chi connectivity index (χ3v) is 5.27. The summed E-state index contributed by atoms with van der Waals surface area (Å²) in [4.78, 5) is 16.9. The molecule has 1 aliphatic rings. The highest BCUT2D eigenvalue weighted by Gasteiger charge is 2.33. The molecule has 2 aromatic heterocycles. The van der Waals surface area contributed by atoms with Crippen molar-refractivity contribution in [3.63, 3.8) is 0 Å². The largest absolute Gasteiger partial charge is 0.310 e. The molecule has 1 N–H and O–H groups in total. The summed E-state index contributed by atoms with van der Waals surface area (Å²) in [6, 6.07) is 8.93. The van der Waals surface area contributed by atoms with Crippen LogP contribution in [0, 0.1) is 24.4 Å². The van der Waals surface area contributed by atoms with E-state index in [9.17, 15) is 18.0 Å². The molecule has 2 aromatic carbocycles. The minimum atomic E-state index is -0.725. The van der Waals surface area contributed by atoms with Crippen LogP contribution in [0.3, 0.4) is 0 Å². The number of aryl methyl sites for hydroxylation is 1. The Bertz CT molecular complexity index is 1330. The standard InChI is InChI=1S/C22H15F3N6O/c1-11-20-17(13-6-15(24)8-16(25)7-13)9-19(32)28-21(20)31(30-11)22-27-18(10-26-29-22)12-2-4-14(23)5-3-12/h2-8,10,17H,9H2,1H3,(H,28,32)/t17-/m0/s1. The van der Waals surface area contributed by atoms with Gasteiger partial charge in [-0.3, -0.25) is 4.79 Å². The molecule has 7 nitrogen and oxygen atoms in total. The second-order valence-electron chi connectivity index (χ2n) is 7.42. The van der Waals surface area contributed by atoms with Crippen LogP contribution < -0.4 is 5.32 Å². The summed E-state index contributed by atoms with van der Waals surface area (Å²) in [6.45, 7) is 1.73. The Labute approximate surface area is 179 Å². The SMILES string of the molecule is Cc1nn(-c2nncc(-c3ccc(F)cc3)n2)c2c1[C@H](c1cc(F)cc(F)c1)CC(=O)N2. The Morgan fingerprint density at radius 1 is 1.03 bits per heavy atom. The van der Waals surface area contributed by atoms with Crippen molar-refractivity contribution in [2.45, 2.75) is 19.3 Å². The van der Waals surface area contributed by atoms with Gasteiger partial charge in [0, 0.05) is 29.5 Å². The number of nitrogens with zero attached hydrogens (tertiary/aromatic N) is 5. The maximum Gasteiger partial charge on any atom is 0.272 e. The van der Waals surface area contributed by atoms with E-state index in [0.29, 0.717) is 33.9 Å². The zero-order valence-electron chi connectivity index (χ0n) is 16.7. The van der Waals surface area contributed by atoms with E-state index in [1.165, 1.54) is 35.1 Å². The van der Waals surface area contributed by atoms with Gasteiger partial charge < -0.3 is 5.32 Å². The zero-order chi connectivity index (χ0) is 22.4. The van der Waals surface area contributed by atoms with E-state index < -0.39 is 17.6 Å². The Kier molecular flexibility index (Phi) is 4.69. The number of fused-ring (bicyclic) bond motifs is 1. The van der Waals surface area contributed by atoms with Crippen LogP contribution in [0.4, 0.5) is 19.0 Å². The monoisotopic (exact) mass is 436 g/mol. The van der Waals surface area contributed by atoms with E-state index in [2.05, 4.69) is 25.6 Å². The Morgan fingerprint density at radius 3 is 2.47 bits per heavy atom. The number of nitrogens with one attached hydrogen (secondary N) is 1. The number of benzene rings is 2. The molecule has 0 spiro atoms. The van der Waals surface area contributed by atoms with E-state index in [4.69, 9.17) is 0 Å². The third kappa shape index (κ3) is 3.49. The van der Waals surface area contributed by atoms with Gasteiger partial charge in [0.25, 0.3) is 5.95 Å². The molecule has 3 heterocycles. The molecule has 0 saturated heterocycles. The zero-order valence-corrected chi connectivity index (χ0v) is 16.7. The summed E-state index contributed by atoms with van der Waals surface area (Å²) in [6.07, 6.45) is 1.44. The molecular weight excluding hydrogens is 421 g/mol. The van der Waals surface area contributed by atoms with Gasteiger partial charge >= 0.3 is 0 Å². The van der Waals surface area contributed by atoms with Crippen LogP contribution in [0.5, 0.6) is 0 Å². The summed E-state index contributed by atoms with van der Waals surface area (Å²) < 4.78 is 42.3. The van der Waals surface area contributed by atoms with Crippen molar-refractivity contribution >= 4 is 11.7 Å². The quantitative estimate of drug-likeness (QED) is 0.526. The van der Waals surface area contributed by atoms with E-state index >= 15 is 0 Å². The summed E-state index contributed by atoms with van der Waals surface area (Å²) in [7, 11) is 0. The van der Waals surface area contributed by atoms with E-state index in [1.54, 1.807) is 19.1 Å². The lowest BCUT2D eigenvalue weighted by atomic mass is 9.85. The molecule has 0 saturated carbocycles. The molecular formula is C22H15F3N6O. The molecule has 10 heteroatoms. The fraction of sp³-hybridized carbons (Fsp3) is 0.136. The lowest BCUT2D eigenvalue weighted by molar-refractivity contribution is -0.116. The van der Waals surface area contributed by atoms with Crippen LogP contribution in [0.25, 0.3) is 17.2 Å². The third-order valence-electron chi connectivity index (χ3n) is 5.27. The lowest BCUT2D eigenvalue weighted by Gasteiger charge is -2.24. The Morgan fingerprint density at radius 2 is 1.75 bits per heavy atom. The average molecular weight is 436 g/mol. The highest BCUT2D eigenvalue weighted by molar-refractivity contribution is 5.95. The summed E-state index contributed by atoms with van der Waals surface area (Å²) in [5.74, 6) is -2.36. The molecule has 160 valence electrons. The molecule has 1 atom stereocenters. The Balaban J connectivity index is 1.62. The van der Waals surface area contributed by atoms with E-state index in [-0.39, 0.29) is 24.1 Å². The van der Waals surface area contributed by atoms with Crippen LogP contribution in [-0.4, -0.2) is 30.9 Å². The molecule has 0 bridgehead atoms. The second kappa shape index (κ2) is 7.56. The highest BCUT2D eigenvalue weighted by atomic mass is 19.1. The molecule has 1 amide bonds. The van der Waals surface area contributed by atoms with Crippen LogP contribution in [-0.2, 0) is 4.79 Å². The van der Waals surface area contributed by atoms with Gasteiger partial charge in [-0.2, -0.15) is 14.9 Å². The van der Waals surface area contributed by atoms with Crippen molar-refractivity contribution in [1.29, 1.82) is 0 Å². The molecule has 0 aliphatic carbocycles. The van der Waals surface area contributed by atoms with Crippen molar-refractivity contribution in [3.8, 4) is 17.2 Å². The van der Waals surface area contributed by atoms with Crippen LogP contribution in [0.2, 0.25) is 0 Å². The predicted octanol–water partition coefficient (Wildman–Crippen LogP) is 3.92. The summed E-state index contributed by atoms with van der Waals surface area (Å²) >= 11 is 0. The topological polar surface area (TPSA) is 85.6 Å². The minimum Gasteiger partial charge on any atom is -0.310 e. The fourth-order valence-electron chi connectivity index (χ4n) is 3.90. The minimum absolute atomic E-state index is 0.0111. The first-order valence-electron chi connectivity index (χ1n) is 9.70. The van der Waals surface area contributed by atoms with Gasteiger partial charge in [0.05, 0.1) is 17.6 Å². The second-order valence-corrected chi connectivity index (χ2v) is 7.42. The molecule has 0 radical (unpaired) electrons. The van der Waals surface area contributed by atoms with Crippen LogP contribution in [0.15, 0.2) is 48.7 Å².